The van der Waals surface area contributed by atoms with Crippen molar-refractivity contribution in [1.82, 2.24) is 5.32 Å². The highest BCUT2D eigenvalue weighted by molar-refractivity contribution is 5.31. The highest BCUT2D eigenvalue weighted by Crippen LogP contribution is 2.23. The summed E-state index contributed by atoms with van der Waals surface area (Å²) < 4.78 is 5.20. The molecule has 1 fully saturated rings. The Balaban J connectivity index is 1.77. The van der Waals surface area contributed by atoms with Crippen LogP contribution in [0.15, 0.2) is 24.3 Å². The second kappa shape index (κ2) is 4.64. The van der Waals surface area contributed by atoms with Crippen LogP contribution in [0, 0.1) is 0 Å². The van der Waals surface area contributed by atoms with Crippen LogP contribution in [-0.4, -0.2) is 24.4 Å². The fourth-order valence-corrected chi connectivity index (χ4v) is 1.84. The summed E-state index contributed by atoms with van der Waals surface area (Å²) in [7, 11) is 1.75. The van der Waals surface area contributed by atoms with Crippen molar-refractivity contribution in [2.45, 2.75) is 31.5 Å². The molecular formula is C12H17NO2. The van der Waals surface area contributed by atoms with E-state index in [0.717, 1.165) is 24.9 Å². The van der Waals surface area contributed by atoms with Crippen LogP contribution in [0.25, 0.3) is 0 Å². The number of aromatic hydroxyl groups is 1. The third kappa shape index (κ3) is 2.49. The second-order valence-corrected chi connectivity index (χ2v) is 4.04. The molecule has 2 rings (SSSR count). The number of methoxy groups -OCH3 is 1. The van der Waals surface area contributed by atoms with Gasteiger partial charge in [-0.2, -0.15) is 0 Å². The van der Waals surface area contributed by atoms with Gasteiger partial charge in [0.2, 0.25) is 0 Å². The van der Waals surface area contributed by atoms with Gasteiger partial charge in [0, 0.05) is 25.3 Å². The van der Waals surface area contributed by atoms with Crippen LogP contribution in [0.4, 0.5) is 0 Å². The van der Waals surface area contributed by atoms with Crippen LogP contribution in [-0.2, 0) is 11.3 Å². The molecule has 1 aromatic carbocycles. The summed E-state index contributed by atoms with van der Waals surface area (Å²) in [5, 5.41) is 12.9. The summed E-state index contributed by atoms with van der Waals surface area (Å²) in [6.45, 7) is 0.730. The molecule has 0 aliphatic heterocycles. The molecule has 3 heteroatoms. The largest absolute Gasteiger partial charge is 0.508 e. The number of para-hydroxylation sites is 1. The number of hydrogen-bond acceptors (Lipinski definition) is 3. The van der Waals surface area contributed by atoms with Crippen LogP contribution in [0.3, 0.4) is 0 Å². The molecule has 1 aliphatic rings. The van der Waals surface area contributed by atoms with Gasteiger partial charge in [-0.3, -0.25) is 0 Å². The summed E-state index contributed by atoms with van der Waals surface area (Å²) >= 11 is 0. The first-order valence-corrected chi connectivity index (χ1v) is 5.32. The molecule has 0 aromatic heterocycles. The van der Waals surface area contributed by atoms with Crippen LogP contribution in [0.5, 0.6) is 5.75 Å². The Hall–Kier alpha value is -1.06. The molecule has 82 valence electrons. The third-order valence-corrected chi connectivity index (χ3v) is 3.00. The number of nitrogens with one attached hydrogen (secondary N) is 1. The van der Waals surface area contributed by atoms with Crippen LogP contribution in [0.2, 0.25) is 0 Å². The fourth-order valence-electron chi connectivity index (χ4n) is 1.84. The van der Waals surface area contributed by atoms with Gasteiger partial charge in [-0.25, -0.2) is 0 Å². The number of phenolic OH excluding ortho intramolecular Hbond substituents is 1. The lowest BCUT2D eigenvalue weighted by Gasteiger charge is -2.34. The summed E-state index contributed by atoms with van der Waals surface area (Å²) in [6.07, 6.45) is 2.57. The molecular weight excluding hydrogens is 190 g/mol. The van der Waals surface area contributed by atoms with Gasteiger partial charge in [0.05, 0.1) is 6.10 Å². The number of rotatable bonds is 4. The van der Waals surface area contributed by atoms with Crippen molar-refractivity contribution in [3.05, 3.63) is 29.8 Å². The molecule has 0 atom stereocenters. The zero-order chi connectivity index (χ0) is 10.7. The first-order chi connectivity index (χ1) is 7.29. The topological polar surface area (TPSA) is 41.5 Å². The molecule has 1 aliphatic carbocycles. The molecule has 0 amide bonds. The predicted octanol–water partition coefficient (Wildman–Crippen LogP) is 1.66. The minimum atomic E-state index is 0.368. The first-order valence-electron chi connectivity index (χ1n) is 5.32. The second-order valence-electron chi connectivity index (χ2n) is 4.04. The minimum absolute atomic E-state index is 0.368. The van der Waals surface area contributed by atoms with Crippen molar-refractivity contribution < 1.29 is 9.84 Å². The van der Waals surface area contributed by atoms with E-state index in [-0.39, 0.29) is 0 Å². The first kappa shape index (κ1) is 10.5. The van der Waals surface area contributed by atoms with Gasteiger partial charge >= 0.3 is 0 Å². The Morgan fingerprint density at radius 1 is 1.40 bits per heavy atom. The van der Waals surface area contributed by atoms with Crippen LogP contribution < -0.4 is 5.32 Å². The van der Waals surface area contributed by atoms with Crippen molar-refractivity contribution >= 4 is 0 Å². The number of benzene rings is 1. The van der Waals surface area contributed by atoms with Gasteiger partial charge in [0.25, 0.3) is 0 Å². The van der Waals surface area contributed by atoms with Gasteiger partial charge in [0.1, 0.15) is 5.75 Å². The summed E-state index contributed by atoms with van der Waals surface area (Å²) in [5.74, 6) is 0.368. The molecule has 0 saturated heterocycles. The summed E-state index contributed by atoms with van der Waals surface area (Å²) in [4.78, 5) is 0. The maximum Gasteiger partial charge on any atom is 0.120 e. The van der Waals surface area contributed by atoms with Gasteiger partial charge in [-0.05, 0) is 18.9 Å². The summed E-state index contributed by atoms with van der Waals surface area (Å²) in [5.41, 5.74) is 0.957. The van der Waals surface area contributed by atoms with E-state index in [9.17, 15) is 5.11 Å². The molecule has 1 saturated carbocycles. The molecule has 0 unspecified atom stereocenters. The van der Waals surface area contributed by atoms with E-state index in [2.05, 4.69) is 5.32 Å². The maximum atomic E-state index is 9.55. The maximum absolute atomic E-state index is 9.55. The Labute approximate surface area is 90.1 Å². The molecule has 1 aromatic rings. The van der Waals surface area contributed by atoms with E-state index in [1.165, 1.54) is 0 Å². The smallest absolute Gasteiger partial charge is 0.120 e. The molecule has 0 heterocycles. The van der Waals surface area contributed by atoms with Gasteiger partial charge in [-0.1, -0.05) is 18.2 Å². The average molecular weight is 207 g/mol. The van der Waals surface area contributed by atoms with E-state index in [1.807, 2.05) is 18.2 Å². The van der Waals surface area contributed by atoms with Crippen LogP contribution >= 0.6 is 0 Å². The lowest BCUT2D eigenvalue weighted by atomic mass is 9.89. The Morgan fingerprint density at radius 2 is 2.13 bits per heavy atom. The van der Waals surface area contributed by atoms with E-state index >= 15 is 0 Å². The van der Waals surface area contributed by atoms with Gasteiger partial charge in [-0.15, -0.1) is 0 Å². The van der Waals surface area contributed by atoms with Gasteiger partial charge < -0.3 is 15.2 Å². The zero-order valence-corrected chi connectivity index (χ0v) is 8.94. The van der Waals surface area contributed by atoms with E-state index in [1.54, 1.807) is 13.2 Å². The molecule has 0 spiro atoms. The highest BCUT2D eigenvalue weighted by Gasteiger charge is 2.28. The monoisotopic (exact) mass is 207 g/mol. The van der Waals surface area contributed by atoms with E-state index in [0.29, 0.717) is 17.9 Å². The van der Waals surface area contributed by atoms with Crippen molar-refractivity contribution in [3.8, 4) is 5.75 Å². The summed E-state index contributed by atoms with van der Waals surface area (Å²) in [6, 6.07) is 7.97. The van der Waals surface area contributed by atoms with Crippen LogP contribution in [0.1, 0.15) is 18.4 Å². The molecule has 3 nitrogen and oxygen atoms in total. The van der Waals surface area contributed by atoms with Crippen molar-refractivity contribution in [2.75, 3.05) is 7.11 Å². The Bertz CT molecular complexity index is 321. The molecule has 0 radical (unpaired) electrons. The van der Waals surface area contributed by atoms with Gasteiger partial charge in [0.15, 0.2) is 0 Å². The van der Waals surface area contributed by atoms with E-state index < -0.39 is 0 Å². The number of phenols is 1. The molecule has 0 bridgehead atoms. The molecule has 2 N–H and O–H groups in total. The standard InChI is InChI=1S/C12H17NO2/c1-15-11-6-10(7-11)13-8-9-4-2-3-5-12(9)14/h2-5,10-11,13-14H,6-8H2,1H3. The molecule has 15 heavy (non-hydrogen) atoms. The Kier molecular flexibility index (Phi) is 3.23. The quantitative estimate of drug-likeness (QED) is 0.789. The lowest BCUT2D eigenvalue weighted by molar-refractivity contribution is 0.0169. The Morgan fingerprint density at radius 3 is 2.80 bits per heavy atom. The van der Waals surface area contributed by atoms with E-state index in [4.69, 9.17) is 4.74 Å². The minimum Gasteiger partial charge on any atom is -0.508 e. The number of hydrogen-bond donors (Lipinski definition) is 2. The normalized spacial score (nSPS) is 24.9. The van der Waals surface area contributed by atoms with Crippen molar-refractivity contribution in [3.63, 3.8) is 0 Å². The zero-order valence-electron chi connectivity index (χ0n) is 8.94. The SMILES string of the molecule is COC1CC(NCc2ccccc2O)C1. The van der Waals surface area contributed by atoms with Crippen molar-refractivity contribution in [2.24, 2.45) is 0 Å². The van der Waals surface area contributed by atoms with Crippen molar-refractivity contribution in [1.29, 1.82) is 0 Å². The predicted molar refractivity (Wildman–Crippen MR) is 58.8 cm³/mol. The lowest BCUT2D eigenvalue weighted by Crippen LogP contribution is -2.44. The number of ether oxygens (including phenoxy) is 1. The average Bonchev–Trinajstić information content (AvgIpc) is 2.18. The third-order valence-electron chi connectivity index (χ3n) is 3.00. The highest BCUT2D eigenvalue weighted by atomic mass is 16.5. The fraction of sp³-hybridized carbons (Fsp3) is 0.500.